The Bertz CT molecular complexity index is 420. The van der Waals surface area contributed by atoms with Gasteiger partial charge in [-0.1, -0.05) is 12.1 Å². The summed E-state index contributed by atoms with van der Waals surface area (Å²) in [4.78, 5) is 10.5. The van der Waals surface area contributed by atoms with Crippen LogP contribution in [-0.2, 0) is 11.2 Å². The van der Waals surface area contributed by atoms with E-state index in [9.17, 15) is 10.0 Å². The maximum absolute atomic E-state index is 12.6. The van der Waals surface area contributed by atoms with Gasteiger partial charge in [0.05, 0.1) is 24.8 Å². The predicted octanol–water partition coefficient (Wildman–Crippen LogP) is 3.80. The number of rotatable bonds is 9. The molecule has 0 aliphatic rings. The van der Waals surface area contributed by atoms with E-state index < -0.39 is 10.6 Å². The number of carbonyl (C=O) groups is 1. The zero-order chi connectivity index (χ0) is 15.0. The fourth-order valence-corrected chi connectivity index (χ4v) is 2.57. The highest BCUT2D eigenvalue weighted by atomic mass is 35.5. The second-order valence-electron chi connectivity index (χ2n) is 4.63. The van der Waals surface area contributed by atoms with Crippen LogP contribution in [-0.4, -0.2) is 35.9 Å². The molecule has 4 nitrogen and oxygen atoms in total. The first-order chi connectivity index (χ1) is 9.51. The molecule has 1 aromatic rings. The van der Waals surface area contributed by atoms with E-state index in [1.165, 1.54) is 0 Å². The number of alkyl halides is 2. The first-order valence-corrected chi connectivity index (χ1v) is 7.60. The summed E-state index contributed by atoms with van der Waals surface area (Å²) in [5.41, 5.74) is 1.66. The average Bonchev–Trinajstić information content (AvgIpc) is 2.39. The molecular formula is C14H20Cl3NO3. The minimum Gasteiger partial charge on any atom is -0.627 e. The Morgan fingerprint density at radius 2 is 1.67 bits per heavy atom. The standard InChI is InChI=1S/C14H19Cl2NO3.ClH/c15-8-10-17(20,11-9-16)13-6-4-12(5-7-13)2-1-3-14(18)19;/h4-7H,1-3,8-11H2,(H,18,19);1H. The van der Waals surface area contributed by atoms with Crippen molar-refractivity contribution >= 4 is 47.3 Å². The molecule has 120 valence electrons. The van der Waals surface area contributed by atoms with Crippen molar-refractivity contribution in [3.8, 4) is 0 Å². The monoisotopic (exact) mass is 355 g/mol. The number of carboxylic acid groups (broad SMARTS) is 1. The van der Waals surface area contributed by atoms with Crippen molar-refractivity contribution in [2.75, 3.05) is 24.8 Å². The molecular weight excluding hydrogens is 337 g/mol. The minimum atomic E-state index is -0.791. The largest absolute Gasteiger partial charge is 0.627 e. The Hall–Kier alpha value is -0.520. The average molecular weight is 357 g/mol. The molecule has 0 bridgehead atoms. The summed E-state index contributed by atoms with van der Waals surface area (Å²) in [7, 11) is 0. The third-order valence-electron chi connectivity index (χ3n) is 3.15. The Morgan fingerprint density at radius 1 is 1.14 bits per heavy atom. The van der Waals surface area contributed by atoms with Crippen LogP contribution >= 0.6 is 35.6 Å². The summed E-state index contributed by atoms with van der Waals surface area (Å²) >= 11 is 11.4. The summed E-state index contributed by atoms with van der Waals surface area (Å²) in [5, 5.41) is 21.2. The number of hydrogen-bond acceptors (Lipinski definition) is 2. The summed E-state index contributed by atoms with van der Waals surface area (Å²) in [6, 6.07) is 7.29. The van der Waals surface area contributed by atoms with Crippen LogP contribution in [0.4, 0.5) is 5.69 Å². The highest BCUT2D eigenvalue weighted by Gasteiger charge is 2.19. The van der Waals surface area contributed by atoms with E-state index >= 15 is 0 Å². The summed E-state index contributed by atoms with van der Waals surface area (Å²) in [5.74, 6) is -0.234. The van der Waals surface area contributed by atoms with Crippen LogP contribution in [0.5, 0.6) is 0 Å². The Morgan fingerprint density at radius 3 is 2.10 bits per heavy atom. The van der Waals surface area contributed by atoms with Gasteiger partial charge >= 0.3 is 5.97 Å². The van der Waals surface area contributed by atoms with E-state index in [4.69, 9.17) is 28.3 Å². The molecule has 0 aliphatic heterocycles. The first-order valence-electron chi connectivity index (χ1n) is 6.53. The lowest BCUT2D eigenvalue weighted by atomic mass is 10.1. The number of nitrogens with zero attached hydrogens (tertiary/aromatic N) is 1. The van der Waals surface area contributed by atoms with Crippen LogP contribution in [0, 0.1) is 5.21 Å². The number of hydrogen-bond donors (Lipinski definition) is 1. The van der Waals surface area contributed by atoms with Gasteiger partial charge in [0.1, 0.15) is 5.69 Å². The molecule has 0 aromatic heterocycles. The normalized spacial score (nSPS) is 11.0. The maximum atomic E-state index is 12.6. The van der Waals surface area contributed by atoms with Gasteiger partial charge in [0, 0.05) is 6.42 Å². The molecule has 1 aromatic carbocycles. The zero-order valence-corrected chi connectivity index (χ0v) is 14.0. The molecule has 1 rings (SSSR count). The predicted molar refractivity (Wildman–Crippen MR) is 90.6 cm³/mol. The van der Waals surface area contributed by atoms with Crippen molar-refractivity contribution in [1.29, 1.82) is 0 Å². The van der Waals surface area contributed by atoms with E-state index in [0.29, 0.717) is 18.5 Å². The molecule has 7 heteroatoms. The fourth-order valence-electron chi connectivity index (χ4n) is 2.02. The quantitative estimate of drug-likeness (QED) is 0.416. The topological polar surface area (TPSA) is 60.4 Å². The van der Waals surface area contributed by atoms with Crippen LogP contribution in [0.25, 0.3) is 0 Å². The minimum absolute atomic E-state index is 0. The van der Waals surface area contributed by atoms with Crippen molar-refractivity contribution in [2.24, 2.45) is 0 Å². The molecule has 21 heavy (non-hydrogen) atoms. The lowest BCUT2D eigenvalue weighted by Crippen LogP contribution is -2.46. The molecule has 0 unspecified atom stereocenters. The van der Waals surface area contributed by atoms with Crippen molar-refractivity contribution in [2.45, 2.75) is 19.3 Å². The zero-order valence-electron chi connectivity index (χ0n) is 11.6. The van der Waals surface area contributed by atoms with E-state index in [0.717, 1.165) is 5.56 Å². The number of quaternary nitrogens is 1. The van der Waals surface area contributed by atoms with E-state index in [2.05, 4.69) is 0 Å². The highest BCUT2D eigenvalue weighted by Crippen LogP contribution is 2.23. The molecule has 0 spiro atoms. The number of halogens is 3. The lowest BCUT2D eigenvalue weighted by Gasteiger charge is -2.41. The summed E-state index contributed by atoms with van der Waals surface area (Å²) < 4.78 is -0.525. The highest BCUT2D eigenvalue weighted by molar-refractivity contribution is 6.18. The van der Waals surface area contributed by atoms with Gasteiger partial charge in [-0.2, -0.15) is 0 Å². The Kier molecular flexibility index (Phi) is 9.99. The number of carboxylic acids is 1. The Balaban J connectivity index is 0.00000400. The summed E-state index contributed by atoms with van der Waals surface area (Å²) in [6.07, 6.45) is 1.44. The van der Waals surface area contributed by atoms with Crippen LogP contribution in [0.2, 0.25) is 0 Å². The van der Waals surface area contributed by atoms with Crippen molar-refractivity contribution in [1.82, 2.24) is 4.65 Å². The van der Waals surface area contributed by atoms with Crippen molar-refractivity contribution in [3.05, 3.63) is 35.0 Å². The molecule has 0 atom stereocenters. The molecule has 0 saturated carbocycles. The Labute approximate surface area is 141 Å². The van der Waals surface area contributed by atoms with E-state index in [1.54, 1.807) is 12.1 Å². The number of aryl methyl sites for hydroxylation is 1. The van der Waals surface area contributed by atoms with Gasteiger partial charge < -0.3 is 15.0 Å². The summed E-state index contributed by atoms with van der Waals surface area (Å²) in [6.45, 7) is 0.569. The molecule has 0 fully saturated rings. The molecule has 0 saturated heterocycles. The molecule has 0 amide bonds. The lowest BCUT2D eigenvalue weighted by molar-refractivity contribution is -0.137. The van der Waals surface area contributed by atoms with Crippen molar-refractivity contribution < 1.29 is 9.90 Å². The smallest absolute Gasteiger partial charge is 0.303 e. The third-order valence-corrected chi connectivity index (χ3v) is 3.49. The third kappa shape index (κ3) is 6.85. The second kappa shape index (κ2) is 10.2. The molecule has 0 heterocycles. The second-order valence-corrected chi connectivity index (χ2v) is 5.38. The van der Waals surface area contributed by atoms with Gasteiger partial charge in [-0.25, -0.2) is 0 Å². The van der Waals surface area contributed by atoms with Crippen LogP contribution in [0.1, 0.15) is 18.4 Å². The number of benzene rings is 1. The van der Waals surface area contributed by atoms with Gasteiger partial charge in [-0.3, -0.25) is 4.79 Å². The molecule has 0 aliphatic carbocycles. The van der Waals surface area contributed by atoms with Gasteiger partial charge in [0.2, 0.25) is 0 Å². The fraction of sp³-hybridized carbons (Fsp3) is 0.500. The van der Waals surface area contributed by atoms with Crippen molar-refractivity contribution in [3.63, 3.8) is 0 Å². The van der Waals surface area contributed by atoms with E-state index in [-0.39, 0.29) is 43.7 Å². The molecule has 0 radical (unpaired) electrons. The van der Waals surface area contributed by atoms with Gasteiger partial charge in [-0.05, 0) is 30.5 Å². The maximum Gasteiger partial charge on any atom is 0.303 e. The van der Waals surface area contributed by atoms with Crippen LogP contribution < -0.4 is 4.65 Å². The number of hydroxylamine groups is 2. The molecule has 1 N–H and O–H groups in total. The van der Waals surface area contributed by atoms with Gasteiger partial charge in [0.15, 0.2) is 0 Å². The van der Waals surface area contributed by atoms with Gasteiger partial charge in [0.25, 0.3) is 0 Å². The van der Waals surface area contributed by atoms with Crippen LogP contribution in [0.15, 0.2) is 24.3 Å². The van der Waals surface area contributed by atoms with Gasteiger partial charge in [-0.15, -0.1) is 35.6 Å². The van der Waals surface area contributed by atoms with Crippen LogP contribution in [0.3, 0.4) is 0 Å². The SMILES string of the molecule is Cl.O=C(O)CCCc1ccc([N+]([O-])(CCCl)CCCl)cc1. The number of aliphatic carboxylic acids is 1. The first kappa shape index (κ1) is 20.5. The van der Waals surface area contributed by atoms with E-state index in [1.807, 2.05) is 12.1 Å².